The molecule has 56 heavy (non-hydrogen) atoms. The van der Waals surface area contributed by atoms with Crippen molar-refractivity contribution in [2.75, 3.05) is 4.31 Å². The average molecular weight is 740 g/mol. The molecule has 2 aromatic heterocycles. The number of sulfonamides is 1. The predicted octanol–water partition coefficient (Wildman–Crippen LogP) is 12.8. The molecule has 0 amide bonds. The molecule has 0 saturated heterocycles. The van der Waals surface area contributed by atoms with Crippen LogP contribution < -0.4 is 4.31 Å². The highest BCUT2D eigenvalue weighted by Crippen LogP contribution is 2.53. The standard InChI is InChI=1S/C50H33N3O2S/c1-3-35-36(4-2)39-28-27-34(30-44(39)38-19-9-8-18-37(35)38)53-50-42-22-12-15-25-47(42)52(32-16-6-5-7-17-32)49(50)43-29-26-33(31-48(43)56(53,54)55)51-45-23-13-10-20-40(45)41-21-11-14-24-46(41)51/h3-31H,1-2H2. The van der Waals surface area contributed by atoms with E-state index in [1.807, 2.05) is 115 Å². The third-order valence-corrected chi connectivity index (χ3v) is 13.1. The van der Waals surface area contributed by atoms with Crippen molar-refractivity contribution in [1.82, 2.24) is 9.13 Å². The normalized spacial score (nSPS) is 13.4. The van der Waals surface area contributed by atoms with Gasteiger partial charge in [-0.1, -0.05) is 128 Å². The van der Waals surface area contributed by atoms with E-state index in [0.29, 0.717) is 16.9 Å². The molecule has 1 aliphatic heterocycles. The molecule has 0 spiro atoms. The second-order valence-electron chi connectivity index (χ2n) is 14.2. The average Bonchev–Trinajstić information content (AvgIpc) is 3.76. The predicted molar refractivity (Wildman–Crippen MR) is 234 cm³/mol. The minimum atomic E-state index is -4.21. The zero-order chi connectivity index (χ0) is 37.7. The molecule has 3 heterocycles. The molecule has 0 radical (unpaired) electrons. The van der Waals surface area contributed by atoms with E-state index in [1.165, 1.54) is 0 Å². The number of hydrogen-bond acceptors (Lipinski definition) is 2. The van der Waals surface area contributed by atoms with Gasteiger partial charge in [0.15, 0.2) is 0 Å². The number of anilines is 2. The molecule has 0 unspecified atom stereocenters. The van der Waals surface area contributed by atoms with Crippen LogP contribution in [0.5, 0.6) is 0 Å². The van der Waals surface area contributed by atoms with Crippen LogP contribution in [0.15, 0.2) is 182 Å². The second kappa shape index (κ2) is 11.9. The Hall–Kier alpha value is -7.15. The summed E-state index contributed by atoms with van der Waals surface area (Å²) in [6, 6.07) is 54.9. The van der Waals surface area contributed by atoms with E-state index in [4.69, 9.17) is 0 Å². The smallest absolute Gasteiger partial charge is 0.269 e. The largest absolute Gasteiger partial charge is 0.309 e. The summed E-state index contributed by atoms with van der Waals surface area (Å²) in [6.45, 7) is 8.29. The summed E-state index contributed by atoms with van der Waals surface area (Å²) in [5.41, 5.74) is 9.25. The van der Waals surface area contributed by atoms with Crippen LogP contribution in [0.25, 0.3) is 89.0 Å². The van der Waals surface area contributed by atoms with E-state index in [0.717, 1.165) is 82.4 Å². The fourth-order valence-electron chi connectivity index (χ4n) is 9.07. The van der Waals surface area contributed by atoms with Crippen molar-refractivity contribution in [3.63, 3.8) is 0 Å². The van der Waals surface area contributed by atoms with Gasteiger partial charge in [-0.2, -0.15) is 0 Å². The fraction of sp³-hybridized carbons (Fsp3) is 0. The monoisotopic (exact) mass is 739 g/mol. The number of aromatic nitrogens is 2. The molecule has 11 rings (SSSR count). The van der Waals surface area contributed by atoms with Crippen LogP contribution in [0.2, 0.25) is 0 Å². The molecule has 0 atom stereocenters. The summed E-state index contributed by atoms with van der Waals surface area (Å²) in [7, 11) is -4.21. The quantitative estimate of drug-likeness (QED) is 0.165. The zero-order valence-corrected chi connectivity index (χ0v) is 31.0. The van der Waals surface area contributed by atoms with E-state index in [-0.39, 0.29) is 4.90 Å². The Labute approximate surface area is 324 Å². The van der Waals surface area contributed by atoms with Crippen molar-refractivity contribution in [2.45, 2.75) is 4.90 Å². The van der Waals surface area contributed by atoms with Crippen molar-refractivity contribution in [3.8, 4) is 22.6 Å². The Morgan fingerprint density at radius 1 is 0.429 bits per heavy atom. The third kappa shape index (κ3) is 4.33. The zero-order valence-electron chi connectivity index (χ0n) is 30.2. The number of rotatable bonds is 5. The van der Waals surface area contributed by atoms with E-state index in [2.05, 4.69) is 83.0 Å². The van der Waals surface area contributed by atoms with Crippen LogP contribution in [0, 0.1) is 0 Å². The molecular weight excluding hydrogens is 707 g/mol. The van der Waals surface area contributed by atoms with Crippen LogP contribution >= 0.6 is 0 Å². The minimum absolute atomic E-state index is 0.239. The summed E-state index contributed by atoms with van der Waals surface area (Å²) >= 11 is 0. The fourth-order valence-corrected chi connectivity index (χ4v) is 10.8. The van der Waals surface area contributed by atoms with Crippen molar-refractivity contribution >= 4 is 87.8 Å². The van der Waals surface area contributed by atoms with Gasteiger partial charge in [0.1, 0.15) is 0 Å². The molecule has 0 N–H and O–H groups in total. The maximum atomic E-state index is 15.7. The first kappa shape index (κ1) is 32.3. The Balaban J connectivity index is 1.26. The number of nitrogens with zero attached hydrogens (tertiary/aromatic N) is 3. The number of fused-ring (bicyclic) bond motifs is 11. The molecule has 1 aliphatic rings. The molecule has 266 valence electrons. The minimum Gasteiger partial charge on any atom is -0.309 e. The summed E-state index contributed by atoms with van der Waals surface area (Å²) in [5, 5.41) is 7.02. The highest BCUT2D eigenvalue weighted by atomic mass is 32.2. The first-order chi connectivity index (χ1) is 27.5. The lowest BCUT2D eigenvalue weighted by atomic mass is 9.91. The number of para-hydroxylation sites is 4. The first-order valence-corrected chi connectivity index (χ1v) is 20.0. The molecule has 0 fully saturated rings. The maximum Gasteiger partial charge on any atom is 0.269 e. The van der Waals surface area contributed by atoms with Crippen LogP contribution in [-0.2, 0) is 10.0 Å². The van der Waals surface area contributed by atoms with Gasteiger partial charge in [0, 0.05) is 33.1 Å². The molecule has 0 saturated carbocycles. The van der Waals surface area contributed by atoms with Gasteiger partial charge in [-0.05, 0) is 93.3 Å². The van der Waals surface area contributed by atoms with E-state index in [1.54, 1.807) is 4.31 Å². The Bertz CT molecular complexity index is 3380. The van der Waals surface area contributed by atoms with Crippen LogP contribution in [0.1, 0.15) is 11.1 Å². The number of benzene rings is 8. The van der Waals surface area contributed by atoms with Gasteiger partial charge in [0.2, 0.25) is 0 Å². The molecule has 10 aromatic rings. The van der Waals surface area contributed by atoms with Crippen molar-refractivity contribution in [3.05, 3.63) is 188 Å². The van der Waals surface area contributed by atoms with Gasteiger partial charge in [-0.3, -0.25) is 0 Å². The van der Waals surface area contributed by atoms with E-state index < -0.39 is 10.0 Å². The lowest BCUT2D eigenvalue weighted by molar-refractivity contribution is 0.595. The molecular formula is C50H33N3O2S. The third-order valence-electron chi connectivity index (χ3n) is 11.4. The maximum absolute atomic E-state index is 15.7. The van der Waals surface area contributed by atoms with E-state index in [9.17, 15) is 0 Å². The summed E-state index contributed by atoms with van der Waals surface area (Å²) in [6.07, 6.45) is 3.74. The molecule has 5 nitrogen and oxygen atoms in total. The summed E-state index contributed by atoms with van der Waals surface area (Å²) in [5.74, 6) is 0. The van der Waals surface area contributed by atoms with Crippen LogP contribution in [0.4, 0.5) is 11.4 Å². The number of hydrogen-bond donors (Lipinski definition) is 0. The molecule has 6 heteroatoms. The first-order valence-electron chi connectivity index (χ1n) is 18.6. The lowest BCUT2D eigenvalue weighted by Crippen LogP contribution is -2.30. The van der Waals surface area contributed by atoms with Crippen molar-refractivity contribution in [1.29, 1.82) is 0 Å². The van der Waals surface area contributed by atoms with Gasteiger partial charge >= 0.3 is 0 Å². The van der Waals surface area contributed by atoms with Gasteiger partial charge < -0.3 is 9.13 Å². The Morgan fingerprint density at radius 2 is 0.946 bits per heavy atom. The van der Waals surface area contributed by atoms with Crippen molar-refractivity contribution < 1.29 is 8.42 Å². The highest BCUT2D eigenvalue weighted by molar-refractivity contribution is 7.93. The van der Waals surface area contributed by atoms with Gasteiger partial charge in [-0.25, -0.2) is 12.7 Å². The molecule has 0 aliphatic carbocycles. The SMILES string of the molecule is C=Cc1c(C=C)c2ccc(N3c4c(n(-c5ccccc5)c5ccccc45)-c4ccc(-n5c6ccccc6c6ccccc65)cc4S3(=O)=O)cc2c2ccccc12. The Kier molecular flexibility index (Phi) is 6.88. The van der Waals surface area contributed by atoms with Gasteiger partial charge in [-0.15, -0.1) is 0 Å². The van der Waals surface area contributed by atoms with Gasteiger partial charge in [0.25, 0.3) is 10.0 Å². The van der Waals surface area contributed by atoms with Crippen LogP contribution in [-0.4, -0.2) is 17.6 Å². The van der Waals surface area contributed by atoms with Gasteiger partial charge in [0.05, 0.1) is 38.5 Å². The van der Waals surface area contributed by atoms with E-state index >= 15 is 8.42 Å². The van der Waals surface area contributed by atoms with Crippen LogP contribution in [0.3, 0.4) is 0 Å². The summed E-state index contributed by atoms with van der Waals surface area (Å²) in [4.78, 5) is 0.239. The topological polar surface area (TPSA) is 47.2 Å². The molecule has 0 bridgehead atoms. The summed E-state index contributed by atoms with van der Waals surface area (Å²) < 4.78 is 37.4. The second-order valence-corrected chi connectivity index (χ2v) is 16.0. The highest BCUT2D eigenvalue weighted by Gasteiger charge is 2.41. The lowest BCUT2D eigenvalue weighted by Gasteiger charge is -2.32. The Morgan fingerprint density at radius 3 is 1.59 bits per heavy atom. The molecule has 8 aromatic carbocycles. The van der Waals surface area contributed by atoms with Crippen molar-refractivity contribution in [2.24, 2.45) is 0 Å².